The van der Waals surface area contributed by atoms with Crippen LogP contribution in [-0.2, 0) is 0 Å². The van der Waals surface area contributed by atoms with Crippen LogP contribution in [0, 0.1) is 11.3 Å². The molecule has 0 aromatic rings. The average molecular weight is 150 g/mol. The second-order valence-corrected chi connectivity index (χ2v) is 2.88. The quantitative estimate of drug-likeness (QED) is 0.558. The maximum atomic E-state index is 8.88. The van der Waals surface area contributed by atoms with Gasteiger partial charge >= 0.3 is 0 Å². The summed E-state index contributed by atoms with van der Waals surface area (Å²) in [5.41, 5.74) is 3.02. The van der Waals surface area contributed by atoms with E-state index in [-0.39, 0.29) is 0 Å². The number of hydrogen-bond donors (Lipinski definition) is 0. The van der Waals surface area contributed by atoms with Crippen LogP contribution in [0.25, 0.3) is 0 Å². The van der Waals surface area contributed by atoms with E-state index in [1.54, 1.807) is 0 Å². The van der Waals surface area contributed by atoms with Gasteiger partial charge in [0.15, 0.2) is 0 Å². The van der Waals surface area contributed by atoms with Crippen LogP contribution < -0.4 is 0 Å². The highest BCUT2D eigenvalue weighted by molar-refractivity contribution is 5.25. The van der Waals surface area contributed by atoms with Crippen LogP contribution in [0.1, 0.15) is 13.8 Å². The van der Waals surface area contributed by atoms with Crippen molar-refractivity contribution < 1.29 is 0 Å². The third-order valence-corrected chi connectivity index (χ3v) is 2.11. The predicted molar refractivity (Wildman–Crippen MR) is 46.0 cm³/mol. The molecule has 0 rings (SSSR count). The van der Waals surface area contributed by atoms with Crippen molar-refractivity contribution in [1.82, 2.24) is 4.90 Å². The molecule has 0 aliphatic carbocycles. The topological polar surface area (TPSA) is 27.0 Å². The number of nitriles is 1. The summed E-state index contributed by atoms with van der Waals surface area (Å²) in [6.07, 6.45) is 0. The van der Waals surface area contributed by atoms with Crippen molar-refractivity contribution in [3.63, 3.8) is 0 Å². The average Bonchev–Trinajstić information content (AvgIpc) is 2.01. The molecule has 0 N–H and O–H groups in total. The van der Waals surface area contributed by atoms with E-state index >= 15 is 0 Å². The lowest BCUT2D eigenvalue weighted by Gasteiger charge is -2.28. The Morgan fingerprint density at radius 2 is 2.00 bits per heavy atom. The molecule has 0 spiro atoms. The molecule has 0 amide bonds. The van der Waals surface area contributed by atoms with Gasteiger partial charge in [-0.1, -0.05) is 6.58 Å². The first-order valence-corrected chi connectivity index (χ1v) is 3.45. The number of hydrogen-bond acceptors (Lipinski definition) is 2. The lowest BCUT2D eigenvalue weighted by Crippen LogP contribution is -2.40. The Kier molecular flexibility index (Phi) is 3.07. The van der Waals surface area contributed by atoms with Gasteiger partial charge in [-0.3, -0.25) is 4.90 Å². The van der Waals surface area contributed by atoms with Gasteiger partial charge in [-0.25, -0.2) is 0 Å². The summed E-state index contributed by atoms with van der Waals surface area (Å²) in [6.45, 7) is 7.22. The normalized spacial score (nSPS) is 14.9. The first-order chi connectivity index (χ1) is 4.99. The largest absolute Gasteiger partial charge is 0.288 e. The maximum absolute atomic E-state index is 8.88. The SMILES string of the molecule is C=C=C(C)C(C)(C#N)N(C)C. The molecule has 0 aliphatic heterocycles. The molecule has 1 unspecified atom stereocenters. The van der Waals surface area contributed by atoms with Crippen molar-refractivity contribution in [2.75, 3.05) is 14.1 Å². The lowest BCUT2D eigenvalue weighted by atomic mass is 9.94. The molecule has 11 heavy (non-hydrogen) atoms. The molecule has 60 valence electrons. The zero-order valence-electron chi connectivity index (χ0n) is 7.60. The monoisotopic (exact) mass is 150 g/mol. The van der Waals surface area contributed by atoms with Crippen LogP contribution in [0.2, 0.25) is 0 Å². The molecule has 0 bridgehead atoms. The molecule has 0 radical (unpaired) electrons. The smallest absolute Gasteiger partial charge is 0.134 e. The Hall–Kier alpha value is -1.03. The van der Waals surface area contributed by atoms with Gasteiger partial charge in [0, 0.05) is 5.57 Å². The first kappa shape index (κ1) is 9.97. The molecule has 2 nitrogen and oxygen atoms in total. The molecule has 1 atom stereocenters. The fourth-order valence-corrected chi connectivity index (χ4v) is 0.691. The van der Waals surface area contributed by atoms with E-state index in [1.807, 2.05) is 32.8 Å². The summed E-state index contributed by atoms with van der Waals surface area (Å²) in [6, 6.07) is 2.21. The zero-order chi connectivity index (χ0) is 9.07. The molecular formula is C9H14N2. The molecule has 0 aromatic carbocycles. The van der Waals surface area contributed by atoms with Crippen molar-refractivity contribution in [2.24, 2.45) is 0 Å². The molecule has 0 fully saturated rings. The van der Waals surface area contributed by atoms with Gasteiger partial charge in [-0.2, -0.15) is 5.26 Å². The van der Waals surface area contributed by atoms with Crippen LogP contribution in [0.4, 0.5) is 0 Å². The highest BCUT2D eigenvalue weighted by Gasteiger charge is 2.28. The van der Waals surface area contributed by atoms with E-state index < -0.39 is 5.54 Å². The summed E-state index contributed by atoms with van der Waals surface area (Å²) >= 11 is 0. The minimum Gasteiger partial charge on any atom is -0.288 e. The summed E-state index contributed by atoms with van der Waals surface area (Å²) in [7, 11) is 3.73. The third kappa shape index (κ3) is 1.71. The molecule has 0 saturated carbocycles. The van der Waals surface area contributed by atoms with E-state index in [0.717, 1.165) is 5.57 Å². The molecule has 2 heteroatoms. The number of likely N-dealkylation sites (N-methyl/N-ethyl adjacent to an activating group) is 1. The van der Waals surface area contributed by atoms with Crippen molar-refractivity contribution in [1.29, 1.82) is 5.26 Å². The van der Waals surface area contributed by atoms with E-state index in [4.69, 9.17) is 5.26 Å². The van der Waals surface area contributed by atoms with Gasteiger partial charge in [0.25, 0.3) is 0 Å². The van der Waals surface area contributed by atoms with Gasteiger partial charge < -0.3 is 0 Å². The fraction of sp³-hybridized carbons (Fsp3) is 0.556. The van der Waals surface area contributed by atoms with E-state index in [1.165, 1.54) is 0 Å². The summed E-state index contributed by atoms with van der Waals surface area (Å²) in [5, 5.41) is 8.88. The van der Waals surface area contributed by atoms with E-state index in [0.29, 0.717) is 0 Å². The molecule has 0 saturated heterocycles. The summed E-state index contributed by atoms with van der Waals surface area (Å²) in [5.74, 6) is 0. The highest BCUT2D eigenvalue weighted by Crippen LogP contribution is 2.19. The molecule has 0 aromatic heterocycles. The van der Waals surface area contributed by atoms with Crippen molar-refractivity contribution in [3.05, 3.63) is 17.9 Å². The molecular weight excluding hydrogens is 136 g/mol. The second kappa shape index (κ2) is 3.39. The van der Waals surface area contributed by atoms with Gasteiger partial charge in [0.05, 0.1) is 6.07 Å². The van der Waals surface area contributed by atoms with Crippen molar-refractivity contribution in [2.45, 2.75) is 19.4 Å². The lowest BCUT2D eigenvalue weighted by molar-refractivity contribution is 0.279. The van der Waals surface area contributed by atoms with E-state index in [2.05, 4.69) is 18.4 Å². The highest BCUT2D eigenvalue weighted by atomic mass is 15.1. The number of nitrogens with zero attached hydrogens (tertiary/aromatic N) is 2. The Bertz CT molecular complexity index is 228. The third-order valence-electron chi connectivity index (χ3n) is 2.11. The standard InChI is InChI=1S/C9H14N2/c1-6-8(2)9(3,7-10)11(4)5/h1H2,2-5H3. The predicted octanol–water partition coefficient (Wildman–Crippen LogP) is 1.56. The van der Waals surface area contributed by atoms with Gasteiger partial charge in [0.1, 0.15) is 5.54 Å². The Balaban J connectivity index is 4.95. The van der Waals surface area contributed by atoms with Crippen molar-refractivity contribution in [3.8, 4) is 6.07 Å². The number of rotatable bonds is 2. The Morgan fingerprint density at radius 1 is 1.55 bits per heavy atom. The summed E-state index contributed by atoms with van der Waals surface area (Å²) < 4.78 is 0. The zero-order valence-corrected chi connectivity index (χ0v) is 7.60. The van der Waals surface area contributed by atoms with Gasteiger partial charge in [-0.05, 0) is 27.9 Å². The minimum absolute atomic E-state index is 0.568. The van der Waals surface area contributed by atoms with Crippen LogP contribution in [0.3, 0.4) is 0 Å². The van der Waals surface area contributed by atoms with Gasteiger partial charge in [-0.15, -0.1) is 5.73 Å². The van der Waals surface area contributed by atoms with E-state index in [9.17, 15) is 0 Å². The summed E-state index contributed by atoms with van der Waals surface area (Å²) in [4.78, 5) is 1.85. The maximum Gasteiger partial charge on any atom is 0.134 e. The van der Waals surface area contributed by atoms with Crippen LogP contribution in [0.5, 0.6) is 0 Å². The Labute approximate surface area is 68.4 Å². The van der Waals surface area contributed by atoms with Crippen LogP contribution in [-0.4, -0.2) is 24.5 Å². The Morgan fingerprint density at radius 3 is 2.09 bits per heavy atom. The van der Waals surface area contributed by atoms with Crippen molar-refractivity contribution >= 4 is 0 Å². The molecule has 0 heterocycles. The first-order valence-electron chi connectivity index (χ1n) is 3.45. The van der Waals surface area contributed by atoms with Crippen LogP contribution in [0.15, 0.2) is 17.9 Å². The van der Waals surface area contributed by atoms with Crippen LogP contribution >= 0.6 is 0 Å². The minimum atomic E-state index is -0.568. The fourth-order valence-electron chi connectivity index (χ4n) is 0.691. The second-order valence-electron chi connectivity index (χ2n) is 2.88. The van der Waals surface area contributed by atoms with Gasteiger partial charge in [0.2, 0.25) is 0 Å². The molecule has 0 aliphatic rings.